The molecule has 20 heavy (non-hydrogen) atoms. The standard InChI is InChI=1S/C11H7N3O6/c15-8-2-1-5(4-7(8)14(19)20)3-6-9(16)12-11(18)13-10(6)17/h1-4,15H,(H2,12,13,16,17,18). The maximum atomic E-state index is 11.5. The van der Waals surface area contributed by atoms with Crippen molar-refractivity contribution in [1.29, 1.82) is 0 Å². The number of nitrogens with zero attached hydrogens (tertiary/aromatic N) is 1. The van der Waals surface area contributed by atoms with Crippen LogP contribution in [0.2, 0.25) is 0 Å². The van der Waals surface area contributed by atoms with Crippen molar-refractivity contribution in [2.45, 2.75) is 0 Å². The fourth-order valence-electron chi connectivity index (χ4n) is 1.55. The third-order valence-corrected chi connectivity index (χ3v) is 2.45. The molecule has 1 aromatic carbocycles. The van der Waals surface area contributed by atoms with Gasteiger partial charge in [0.25, 0.3) is 11.8 Å². The second-order valence-electron chi connectivity index (χ2n) is 3.80. The Bertz CT molecular complexity index is 657. The zero-order valence-corrected chi connectivity index (χ0v) is 9.75. The molecule has 1 heterocycles. The molecule has 0 atom stereocenters. The van der Waals surface area contributed by atoms with Crippen LogP contribution in [0.3, 0.4) is 0 Å². The molecule has 102 valence electrons. The maximum Gasteiger partial charge on any atom is 0.328 e. The van der Waals surface area contributed by atoms with Crippen molar-refractivity contribution < 1.29 is 24.4 Å². The minimum absolute atomic E-state index is 0.157. The van der Waals surface area contributed by atoms with Crippen LogP contribution < -0.4 is 10.6 Å². The van der Waals surface area contributed by atoms with E-state index in [2.05, 4.69) is 0 Å². The zero-order valence-electron chi connectivity index (χ0n) is 9.75. The van der Waals surface area contributed by atoms with Crippen molar-refractivity contribution >= 4 is 29.6 Å². The number of carbonyl (C=O) groups excluding carboxylic acids is 3. The molecule has 0 bridgehead atoms. The Morgan fingerprint density at radius 1 is 1.15 bits per heavy atom. The van der Waals surface area contributed by atoms with Gasteiger partial charge in [-0.25, -0.2) is 4.79 Å². The van der Waals surface area contributed by atoms with E-state index in [-0.39, 0.29) is 11.1 Å². The van der Waals surface area contributed by atoms with Crippen molar-refractivity contribution in [2.24, 2.45) is 0 Å². The van der Waals surface area contributed by atoms with Crippen molar-refractivity contribution in [3.05, 3.63) is 39.4 Å². The fourth-order valence-corrected chi connectivity index (χ4v) is 1.55. The minimum atomic E-state index is -0.936. The van der Waals surface area contributed by atoms with Gasteiger partial charge in [-0.05, 0) is 17.7 Å². The van der Waals surface area contributed by atoms with Gasteiger partial charge >= 0.3 is 11.7 Å². The zero-order chi connectivity index (χ0) is 14.9. The highest BCUT2D eigenvalue weighted by Crippen LogP contribution is 2.27. The lowest BCUT2D eigenvalue weighted by Gasteiger charge is -2.13. The third-order valence-electron chi connectivity index (χ3n) is 2.45. The number of hydrogen-bond donors (Lipinski definition) is 3. The highest BCUT2D eigenvalue weighted by molar-refractivity contribution is 6.31. The summed E-state index contributed by atoms with van der Waals surface area (Å²) in [5, 5.41) is 23.7. The summed E-state index contributed by atoms with van der Waals surface area (Å²) in [4.78, 5) is 43.6. The summed E-state index contributed by atoms with van der Waals surface area (Å²) >= 11 is 0. The molecule has 1 aliphatic heterocycles. The predicted molar refractivity (Wildman–Crippen MR) is 64.4 cm³/mol. The summed E-state index contributed by atoms with van der Waals surface area (Å²) in [6.45, 7) is 0. The molecule has 0 unspecified atom stereocenters. The van der Waals surface area contributed by atoms with Crippen LogP contribution in [0.4, 0.5) is 10.5 Å². The average Bonchev–Trinajstić information content (AvgIpc) is 2.35. The number of amides is 4. The number of nitro groups is 1. The molecular weight excluding hydrogens is 270 g/mol. The van der Waals surface area contributed by atoms with Crippen LogP contribution in [0, 0.1) is 10.1 Å². The van der Waals surface area contributed by atoms with Crippen LogP contribution in [0.15, 0.2) is 23.8 Å². The van der Waals surface area contributed by atoms with Gasteiger partial charge in [-0.2, -0.15) is 0 Å². The lowest BCUT2D eigenvalue weighted by molar-refractivity contribution is -0.385. The van der Waals surface area contributed by atoms with Crippen LogP contribution in [0.1, 0.15) is 5.56 Å². The van der Waals surface area contributed by atoms with E-state index in [0.29, 0.717) is 0 Å². The Morgan fingerprint density at radius 3 is 2.30 bits per heavy atom. The first-order valence-corrected chi connectivity index (χ1v) is 5.24. The first-order valence-electron chi connectivity index (χ1n) is 5.24. The third kappa shape index (κ3) is 2.46. The van der Waals surface area contributed by atoms with Crippen LogP contribution in [0.25, 0.3) is 6.08 Å². The number of aromatic hydroxyl groups is 1. The van der Waals surface area contributed by atoms with Crippen molar-refractivity contribution in [2.75, 3.05) is 0 Å². The van der Waals surface area contributed by atoms with Crippen LogP contribution in [-0.2, 0) is 9.59 Å². The monoisotopic (exact) mass is 277 g/mol. The van der Waals surface area contributed by atoms with Gasteiger partial charge in [0.2, 0.25) is 0 Å². The number of nitro benzene ring substituents is 1. The van der Waals surface area contributed by atoms with Crippen LogP contribution >= 0.6 is 0 Å². The van der Waals surface area contributed by atoms with E-state index in [1.807, 2.05) is 10.6 Å². The van der Waals surface area contributed by atoms with E-state index in [1.165, 1.54) is 6.07 Å². The van der Waals surface area contributed by atoms with Gasteiger partial charge in [0.05, 0.1) is 4.92 Å². The Kier molecular flexibility index (Phi) is 3.17. The van der Waals surface area contributed by atoms with Gasteiger partial charge in [0.15, 0.2) is 5.75 Å². The number of barbiturate groups is 1. The predicted octanol–water partition coefficient (Wildman–Crippen LogP) is 0.0498. The van der Waals surface area contributed by atoms with E-state index in [4.69, 9.17) is 0 Å². The number of nitrogens with one attached hydrogen (secondary N) is 2. The summed E-state index contributed by atoms with van der Waals surface area (Å²) < 4.78 is 0. The Balaban J connectivity index is 2.42. The normalized spacial score (nSPS) is 14.6. The molecular formula is C11H7N3O6. The molecule has 0 radical (unpaired) electrons. The SMILES string of the molecule is O=C1NC(=O)C(=Cc2ccc(O)c([N+](=O)[O-])c2)C(=O)N1. The van der Waals surface area contributed by atoms with Crippen LogP contribution in [-0.4, -0.2) is 27.9 Å². The Morgan fingerprint density at radius 2 is 1.75 bits per heavy atom. The molecule has 0 aromatic heterocycles. The highest BCUT2D eigenvalue weighted by Gasteiger charge is 2.27. The number of phenolic OH excluding ortho intramolecular Hbond substituents is 1. The van der Waals surface area contributed by atoms with E-state index in [1.54, 1.807) is 0 Å². The maximum absolute atomic E-state index is 11.5. The molecule has 9 nitrogen and oxygen atoms in total. The fraction of sp³-hybridized carbons (Fsp3) is 0. The first-order chi connectivity index (χ1) is 9.38. The largest absolute Gasteiger partial charge is 0.502 e. The number of phenols is 1. The smallest absolute Gasteiger partial charge is 0.328 e. The molecule has 0 aliphatic carbocycles. The van der Waals surface area contributed by atoms with Crippen molar-refractivity contribution in [1.82, 2.24) is 10.6 Å². The minimum Gasteiger partial charge on any atom is -0.502 e. The van der Waals surface area contributed by atoms with E-state index < -0.39 is 34.2 Å². The van der Waals surface area contributed by atoms with E-state index in [9.17, 15) is 29.6 Å². The summed E-state index contributed by atoms with van der Waals surface area (Å²) in [5.74, 6) is -2.35. The van der Waals surface area contributed by atoms with E-state index >= 15 is 0 Å². The molecule has 0 spiro atoms. The topological polar surface area (TPSA) is 139 Å². The summed E-state index contributed by atoms with van der Waals surface area (Å²) in [7, 11) is 0. The molecule has 3 N–H and O–H groups in total. The lowest BCUT2D eigenvalue weighted by atomic mass is 10.1. The molecule has 4 amide bonds. The van der Waals surface area contributed by atoms with E-state index in [0.717, 1.165) is 18.2 Å². The number of rotatable bonds is 2. The second kappa shape index (κ2) is 4.80. The summed E-state index contributed by atoms with van der Waals surface area (Å²) in [6, 6.07) is 2.41. The Hall–Kier alpha value is -3.23. The highest BCUT2D eigenvalue weighted by atomic mass is 16.6. The van der Waals surface area contributed by atoms with Gasteiger partial charge in [-0.1, -0.05) is 6.07 Å². The van der Waals surface area contributed by atoms with Crippen molar-refractivity contribution in [3.8, 4) is 5.75 Å². The summed E-state index contributed by atoms with van der Waals surface area (Å²) in [5.41, 5.74) is -0.777. The molecule has 9 heteroatoms. The van der Waals surface area contributed by atoms with Gasteiger partial charge in [0, 0.05) is 6.07 Å². The molecule has 2 rings (SSSR count). The van der Waals surface area contributed by atoms with Crippen LogP contribution in [0.5, 0.6) is 5.75 Å². The lowest BCUT2D eigenvalue weighted by Crippen LogP contribution is -2.51. The summed E-state index contributed by atoms with van der Waals surface area (Å²) in [6.07, 6.45) is 1.07. The second-order valence-corrected chi connectivity index (χ2v) is 3.80. The number of benzene rings is 1. The van der Waals surface area contributed by atoms with Gasteiger partial charge in [-0.3, -0.25) is 30.3 Å². The molecule has 1 aliphatic rings. The van der Waals surface area contributed by atoms with Gasteiger partial charge in [0.1, 0.15) is 5.57 Å². The Labute approximate surface area is 111 Å². The van der Waals surface area contributed by atoms with Gasteiger partial charge in [-0.15, -0.1) is 0 Å². The molecule has 0 saturated carbocycles. The quantitative estimate of drug-likeness (QED) is 0.302. The number of hydrogen-bond acceptors (Lipinski definition) is 6. The van der Waals surface area contributed by atoms with Crippen molar-refractivity contribution in [3.63, 3.8) is 0 Å². The number of imide groups is 2. The molecule has 1 saturated heterocycles. The van der Waals surface area contributed by atoms with Gasteiger partial charge < -0.3 is 5.11 Å². The number of carbonyl (C=O) groups is 3. The first kappa shape index (κ1) is 13.2. The number of urea groups is 1. The molecule has 1 fully saturated rings. The molecule has 1 aromatic rings. The average molecular weight is 277 g/mol.